The molecule has 2 atom stereocenters. The smallest absolute Gasteiger partial charge is 0.129 e. The number of hydrogen-bond donors (Lipinski definition) is 1. The van der Waals surface area contributed by atoms with Gasteiger partial charge in [-0.1, -0.05) is 48.0 Å². The van der Waals surface area contributed by atoms with Gasteiger partial charge in [-0.25, -0.2) is 9.99 Å². The summed E-state index contributed by atoms with van der Waals surface area (Å²) in [6.07, 6.45) is 2.94. The standard InChI is InChI=1S/C17H19Cl2N3/c18-10-16-15(14-6-7-17(19)20-12-14)8-9-22(16)21-11-13-4-2-1-3-5-13/h1-7,12,15-16,21H,8-11H2/t15-,16-/m1/s1. The molecular weight excluding hydrogens is 317 g/mol. The molecular formula is C17H19Cl2N3. The molecule has 0 spiro atoms. The van der Waals surface area contributed by atoms with Crippen molar-refractivity contribution in [2.45, 2.75) is 24.9 Å². The molecule has 5 heteroatoms. The first-order valence-electron chi connectivity index (χ1n) is 7.49. The molecule has 1 aromatic carbocycles. The summed E-state index contributed by atoms with van der Waals surface area (Å²) in [4.78, 5) is 4.19. The number of benzene rings is 1. The molecule has 1 aliphatic rings. The highest BCUT2D eigenvalue weighted by atomic mass is 35.5. The molecule has 3 rings (SSSR count). The normalized spacial score (nSPS) is 22.1. The summed E-state index contributed by atoms with van der Waals surface area (Å²) in [6, 6.07) is 14.6. The van der Waals surface area contributed by atoms with Gasteiger partial charge in [-0.3, -0.25) is 5.43 Å². The number of pyridine rings is 1. The highest BCUT2D eigenvalue weighted by molar-refractivity contribution is 6.29. The van der Waals surface area contributed by atoms with Crippen LogP contribution in [-0.4, -0.2) is 28.5 Å². The molecule has 0 amide bonds. The van der Waals surface area contributed by atoms with Crippen LogP contribution in [0.4, 0.5) is 0 Å². The average molecular weight is 336 g/mol. The summed E-state index contributed by atoms with van der Waals surface area (Å²) in [5.74, 6) is 0.986. The summed E-state index contributed by atoms with van der Waals surface area (Å²) in [7, 11) is 0. The number of hydrazine groups is 1. The molecule has 0 unspecified atom stereocenters. The molecule has 1 saturated heterocycles. The van der Waals surface area contributed by atoms with Crippen LogP contribution >= 0.6 is 23.2 Å². The van der Waals surface area contributed by atoms with Crippen LogP contribution in [0, 0.1) is 0 Å². The van der Waals surface area contributed by atoms with Crippen molar-refractivity contribution in [2.75, 3.05) is 12.4 Å². The molecule has 2 aromatic rings. The van der Waals surface area contributed by atoms with Crippen molar-refractivity contribution < 1.29 is 0 Å². The Morgan fingerprint density at radius 2 is 2.00 bits per heavy atom. The maximum atomic E-state index is 6.23. The van der Waals surface area contributed by atoms with E-state index in [1.807, 2.05) is 18.3 Å². The van der Waals surface area contributed by atoms with Gasteiger partial charge < -0.3 is 0 Å². The zero-order valence-electron chi connectivity index (χ0n) is 12.3. The fourth-order valence-corrected chi connectivity index (χ4v) is 3.52. The first-order chi connectivity index (χ1) is 10.8. The summed E-state index contributed by atoms with van der Waals surface area (Å²) in [5, 5.41) is 2.79. The fourth-order valence-electron chi connectivity index (χ4n) is 3.02. The molecule has 2 heterocycles. The van der Waals surface area contributed by atoms with E-state index in [-0.39, 0.29) is 6.04 Å². The minimum atomic E-state index is 0.272. The van der Waals surface area contributed by atoms with Crippen molar-refractivity contribution in [2.24, 2.45) is 0 Å². The molecule has 0 bridgehead atoms. The molecule has 1 aliphatic heterocycles. The van der Waals surface area contributed by atoms with Gasteiger partial charge in [-0.15, -0.1) is 11.6 Å². The van der Waals surface area contributed by atoms with Crippen molar-refractivity contribution in [3.63, 3.8) is 0 Å². The topological polar surface area (TPSA) is 28.2 Å². The SMILES string of the molecule is ClC[C@@H]1[C@@H](c2ccc(Cl)nc2)CCN1NCc1ccccc1. The number of hydrogen-bond acceptors (Lipinski definition) is 3. The van der Waals surface area contributed by atoms with Crippen LogP contribution in [0.3, 0.4) is 0 Å². The molecule has 0 aliphatic carbocycles. The lowest BCUT2D eigenvalue weighted by Crippen LogP contribution is -2.43. The molecule has 0 radical (unpaired) electrons. The van der Waals surface area contributed by atoms with Crippen LogP contribution in [0.25, 0.3) is 0 Å². The van der Waals surface area contributed by atoms with Crippen LogP contribution in [0.2, 0.25) is 5.15 Å². The minimum absolute atomic E-state index is 0.272. The predicted molar refractivity (Wildman–Crippen MR) is 91.1 cm³/mol. The molecule has 22 heavy (non-hydrogen) atoms. The summed E-state index contributed by atoms with van der Waals surface area (Å²) < 4.78 is 0. The molecule has 3 nitrogen and oxygen atoms in total. The van der Waals surface area contributed by atoms with Gasteiger partial charge in [0.1, 0.15) is 5.15 Å². The van der Waals surface area contributed by atoms with E-state index in [4.69, 9.17) is 23.2 Å². The highest BCUT2D eigenvalue weighted by Gasteiger charge is 2.34. The van der Waals surface area contributed by atoms with Gasteiger partial charge in [0.25, 0.3) is 0 Å². The third-order valence-electron chi connectivity index (χ3n) is 4.21. The van der Waals surface area contributed by atoms with Crippen molar-refractivity contribution >= 4 is 23.2 Å². The van der Waals surface area contributed by atoms with Crippen LogP contribution in [0.5, 0.6) is 0 Å². The lowest BCUT2D eigenvalue weighted by atomic mass is 9.94. The van der Waals surface area contributed by atoms with Crippen LogP contribution in [0.1, 0.15) is 23.5 Å². The Labute approximate surface area is 141 Å². The monoisotopic (exact) mass is 335 g/mol. The van der Waals surface area contributed by atoms with Crippen molar-refractivity contribution in [1.82, 2.24) is 15.4 Å². The van der Waals surface area contributed by atoms with Crippen LogP contribution in [-0.2, 0) is 6.54 Å². The van der Waals surface area contributed by atoms with E-state index >= 15 is 0 Å². The number of nitrogens with one attached hydrogen (secondary N) is 1. The Balaban J connectivity index is 1.65. The zero-order valence-corrected chi connectivity index (χ0v) is 13.8. The lowest BCUT2D eigenvalue weighted by Gasteiger charge is -2.27. The summed E-state index contributed by atoms with van der Waals surface area (Å²) in [6.45, 7) is 1.80. The van der Waals surface area contributed by atoms with Crippen LogP contribution < -0.4 is 5.43 Å². The fraction of sp³-hybridized carbons (Fsp3) is 0.353. The Morgan fingerprint density at radius 1 is 1.18 bits per heavy atom. The Morgan fingerprint density at radius 3 is 2.68 bits per heavy atom. The Kier molecular flexibility index (Phi) is 5.32. The highest BCUT2D eigenvalue weighted by Crippen LogP contribution is 2.33. The van der Waals surface area contributed by atoms with E-state index in [2.05, 4.69) is 45.8 Å². The molecule has 1 aromatic heterocycles. The number of aromatic nitrogens is 1. The molecule has 0 saturated carbocycles. The van der Waals surface area contributed by atoms with Crippen molar-refractivity contribution in [1.29, 1.82) is 0 Å². The van der Waals surface area contributed by atoms with Gasteiger partial charge in [0, 0.05) is 37.1 Å². The van der Waals surface area contributed by atoms with Gasteiger partial charge in [-0.2, -0.15) is 0 Å². The third kappa shape index (κ3) is 3.61. The summed E-state index contributed by atoms with van der Waals surface area (Å²) in [5.41, 5.74) is 5.99. The van der Waals surface area contributed by atoms with E-state index < -0.39 is 0 Å². The van der Waals surface area contributed by atoms with Crippen LogP contribution in [0.15, 0.2) is 48.7 Å². The largest absolute Gasteiger partial charge is 0.250 e. The number of rotatable bonds is 5. The predicted octanol–water partition coefficient (Wildman–Crippen LogP) is 3.84. The number of nitrogens with zero attached hydrogens (tertiary/aromatic N) is 2. The number of alkyl halides is 1. The maximum absolute atomic E-state index is 6.23. The lowest BCUT2D eigenvalue weighted by molar-refractivity contribution is 0.173. The molecule has 1 fully saturated rings. The first kappa shape index (κ1) is 15.8. The second-order valence-electron chi connectivity index (χ2n) is 5.54. The van der Waals surface area contributed by atoms with Gasteiger partial charge in [0.2, 0.25) is 0 Å². The Hall–Kier alpha value is -1.13. The summed E-state index contributed by atoms with van der Waals surface area (Å²) >= 11 is 12.1. The first-order valence-corrected chi connectivity index (χ1v) is 8.40. The van der Waals surface area contributed by atoms with E-state index in [1.54, 1.807) is 0 Å². The van der Waals surface area contributed by atoms with E-state index in [0.29, 0.717) is 17.0 Å². The molecule has 116 valence electrons. The van der Waals surface area contributed by atoms with Gasteiger partial charge in [-0.05, 0) is 23.6 Å². The average Bonchev–Trinajstić information content (AvgIpc) is 2.97. The van der Waals surface area contributed by atoms with E-state index in [0.717, 1.165) is 19.5 Å². The number of halogens is 2. The second-order valence-corrected chi connectivity index (χ2v) is 6.24. The quantitative estimate of drug-likeness (QED) is 0.664. The third-order valence-corrected chi connectivity index (χ3v) is 4.75. The van der Waals surface area contributed by atoms with Gasteiger partial charge >= 0.3 is 0 Å². The maximum Gasteiger partial charge on any atom is 0.129 e. The van der Waals surface area contributed by atoms with Gasteiger partial charge in [0.05, 0.1) is 0 Å². The second kappa shape index (κ2) is 7.42. The van der Waals surface area contributed by atoms with E-state index in [9.17, 15) is 0 Å². The van der Waals surface area contributed by atoms with Gasteiger partial charge in [0.15, 0.2) is 0 Å². The van der Waals surface area contributed by atoms with Crippen molar-refractivity contribution in [3.8, 4) is 0 Å². The van der Waals surface area contributed by atoms with E-state index in [1.165, 1.54) is 11.1 Å². The minimum Gasteiger partial charge on any atom is -0.250 e. The Bertz CT molecular complexity index is 589. The molecule has 1 N–H and O–H groups in total. The van der Waals surface area contributed by atoms with Crippen molar-refractivity contribution in [3.05, 3.63) is 64.9 Å². The zero-order chi connectivity index (χ0) is 15.4.